The summed E-state index contributed by atoms with van der Waals surface area (Å²) >= 11 is 0. The van der Waals surface area contributed by atoms with Crippen LogP contribution in [-0.2, 0) is 5.41 Å². The lowest BCUT2D eigenvalue weighted by Crippen LogP contribution is -2.39. The number of nitrogens with zero attached hydrogens (tertiary/aromatic N) is 3. The summed E-state index contributed by atoms with van der Waals surface area (Å²) in [6.45, 7) is 12.0. The van der Waals surface area contributed by atoms with Gasteiger partial charge in [0, 0.05) is 30.7 Å². The van der Waals surface area contributed by atoms with Crippen molar-refractivity contribution in [1.29, 1.82) is 0 Å². The van der Waals surface area contributed by atoms with E-state index in [1.54, 1.807) is 0 Å². The number of aromatic nitrogens is 2. The molecular formula is C15H26N4. The van der Waals surface area contributed by atoms with Gasteiger partial charge in [0.25, 0.3) is 0 Å². The van der Waals surface area contributed by atoms with Crippen LogP contribution in [-0.4, -0.2) is 35.6 Å². The van der Waals surface area contributed by atoms with Crippen LogP contribution in [0.25, 0.3) is 0 Å². The van der Waals surface area contributed by atoms with Gasteiger partial charge in [0.1, 0.15) is 0 Å². The quantitative estimate of drug-likeness (QED) is 0.904. The molecule has 1 atom stereocenters. The number of hydrogen-bond acceptors (Lipinski definition) is 4. The minimum atomic E-state index is 0.0729. The van der Waals surface area contributed by atoms with Crippen LogP contribution in [0.2, 0.25) is 0 Å². The van der Waals surface area contributed by atoms with E-state index < -0.39 is 0 Å². The monoisotopic (exact) mass is 262 g/mol. The van der Waals surface area contributed by atoms with E-state index >= 15 is 0 Å². The zero-order valence-corrected chi connectivity index (χ0v) is 12.6. The van der Waals surface area contributed by atoms with Crippen LogP contribution < -0.4 is 10.2 Å². The third kappa shape index (κ3) is 3.44. The van der Waals surface area contributed by atoms with Gasteiger partial charge in [0.15, 0.2) is 0 Å². The molecule has 0 spiro atoms. The van der Waals surface area contributed by atoms with E-state index in [2.05, 4.69) is 42.9 Å². The Balaban J connectivity index is 2.25. The van der Waals surface area contributed by atoms with Gasteiger partial charge in [-0.3, -0.25) is 0 Å². The average Bonchev–Trinajstić information content (AvgIpc) is 2.88. The van der Waals surface area contributed by atoms with Gasteiger partial charge in [-0.15, -0.1) is 0 Å². The SMILES string of the molecule is CCCN(c1nccc(C(C)(C)C)n1)C1CCNC1. The summed E-state index contributed by atoms with van der Waals surface area (Å²) in [6.07, 6.45) is 4.21. The molecule has 1 saturated heterocycles. The fraction of sp³-hybridized carbons (Fsp3) is 0.733. The van der Waals surface area contributed by atoms with Crippen molar-refractivity contribution in [3.8, 4) is 0 Å². The Hall–Kier alpha value is -1.16. The van der Waals surface area contributed by atoms with Crippen molar-refractivity contribution in [3.63, 3.8) is 0 Å². The van der Waals surface area contributed by atoms with E-state index in [0.29, 0.717) is 6.04 Å². The van der Waals surface area contributed by atoms with Crippen molar-refractivity contribution in [2.24, 2.45) is 0 Å². The minimum absolute atomic E-state index is 0.0729. The molecule has 1 fully saturated rings. The van der Waals surface area contributed by atoms with Crippen molar-refractivity contribution in [1.82, 2.24) is 15.3 Å². The molecular weight excluding hydrogens is 236 g/mol. The largest absolute Gasteiger partial charge is 0.337 e. The van der Waals surface area contributed by atoms with E-state index in [0.717, 1.165) is 37.7 Å². The van der Waals surface area contributed by atoms with E-state index in [-0.39, 0.29) is 5.41 Å². The highest BCUT2D eigenvalue weighted by Gasteiger charge is 2.25. The van der Waals surface area contributed by atoms with Crippen LogP contribution in [0.4, 0.5) is 5.95 Å². The third-order valence-corrected chi connectivity index (χ3v) is 3.61. The molecule has 1 aromatic heterocycles. The molecule has 4 nitrogen and oxygen atoms in total. The van der Waals surface area contributed by atoms with Gasteiger partial charge < -0.3 is 10.2 Å². The summed E-state index contributed by atoms with van der Waals surface area (Å²) in [4.78, 5) is 11.7. The van der Waals surface area contributed by atoms with Crippen LogP contribution in [0.1, 0.15) is 46.2 Å². The van der Waals surface area contributed by atoms with Gasteiger partial charge in [0.2, 0.25) is 5.95 Å². The number of hydrogen-bond donors (Lipinski definition) is 1. The first-order valence-electron chi connectivity index (χ1n) is 7.33. The summed E-state index contributed by atoms with van der Waals surface area (Å²) in [5, 5.41) is 3.43. The highest BCUT2D eigenvalue weighted by Crippen LogP contribution is 2.23. The molecule has 0 amide bonds. The fourth-order valence-electron chi connectivity index (χ4n) is 2.50. The van der Waals surface area contributed by atoms with Crippen molar-refractivity contribution in [3.05, 3.63) is 18.0 Å². The van der Waals surface area contributed by atoms with E-state index in [4.69, 9.17) is 4.98 Å². The van der Waals surface area contributed by atoms with Crippen LogP contribution in [0.5, 0.6) is 0 Å². The minimum Gasteiger partial charge on any atom is -0.337 e. The molecule has 0 aromatic carbocycles. The fourth-order valence-corrected chi connectivity index (χ4v) is 2.50. The molecule has 0 saturated carbocycles. The Morgan fingerprint density at radius 3 is 2.79 bits per heavy atom. The van der Waals surface area contributed by atoms with Crippen LogP contribution in [0, 0.1) is 0 Å². The Bertz CT molecular complexity index is 405. The van der Waals surface area contributed by atoms with Crippen molar-refractivity contribution < 1.29 is 0 Å². The first-order valence-corrected chi connectivity index (χ1v) is 7.33. The van der Waals surface area contributed by atoms with Gasteiger partial charge >= 0.3 is 0 Å². The Labute approximate surface area is 116 Å². The lowest BCUT2D eigenvalue weighted by molar-refractivity contribution is 0.556. The maximum Gasteiger partial charge on any atom is 0.225 e. The summed E-state index contributed by atoms with van der Waals surface area (Å²) in [6, 6.07) is 2.57. The molecule has 1 aliphatic rings. The molecule has 0 bridgehead atoms. The maximum atomic E-state index is 4.79. The standard InChI is InChI=1S/C15H26N4/c1-5-10-19(12-6-8-16-11-12)14-17-9-7-13(18-14)15(2,3)4/h7,9,12,16H,5-6,8,10-11H2,1-4H3. The topological polar surface area (TPSA) is 41.1 Å². The maximum absolute atomic E-state index is 4.79. The highest BCUT2D eigenvalue weighted by molar-refractivity contribution is 5.34. The molecule has 19 heavy (non-hydrogen) atoms. The summed E-state index contributed by atoms with van der Waals surface area (Å²) in [5.41, 5.74) is 1.19. The van der Waals surface area contributed by atoms with Gasteiger partial charge in [-0.05, 0) is 25.5 Å². The lowest BCUT2D eigenvalue weighted by Gasteiger charge is -2.29. The molecule has 0 radical (unpaired) electrons. The molecule has 2 heterocycles. The predicted octanol–water partition coefficient (Wildman–Crippen LogP) is 2.35. The summed E-state index contributed by atoms with van der Waals surface area (Å²) < 4.78 is 0. The van der Waals surface area contributed by atoms with Crippen molar-refractivity contribution >= 4 is 5.95 Å². The van der Waals surface area contributed by atoms with Gasteiger partial charge in [-0.25, -0.2) is 9.97 Å². The molecule has 1 aromatic rings. The summed E-state index contributed by atoms with van der Waals surface area (Å²) in [5.74, 6) is 0.892. The Morgan fingerprint density at radius 1 is 1.42 bits per heavy atom. The van der Waals surface area contributed by atoms with Crippen molar-refractivity contribution in [2.45, 2.75) is 52.0 Å². The molecule has 106 valence electrons. The second-order valence-electron chi connectivity index (χ2n) is 6.33. The second kappa shape index (κ2) is 5.87. The number of nitrogens with one attached hydrogen (secondary N) is 1. The van der Waals surface area contributed by atoms with Gasteiger partial charge in [-0.2, -0.15) is 0 Å². The predicted molar refractivity (Wildman–Crippen MR) is 79.6 cm³/mol. The van der Waals surface area contributed by atoms with Crippen molar-refractivity contribution in [2.75, 3.05) is 24.5 Å². The van der Waals surface area contributed by atoms with Crippen LogP contribution >= 0.6 is 0 Å². The average molecular weight is 262 g/mol. The molecule has 0 aliphatic carbocycles. The number of anilines is 1. The van der Waals surface area contributed by atoms with Crippen LogP contribution in [0.3, 0.4) is 0 Å². The highest BCUT2D eigenvalue weighted by atomic mass is 15.3. The third-order valence-electron chi connectivity index (χ3n) is 3.61. The zero-order chi connectivity index (χ0) is 13.9. The molecule has 1 aliphatic heterocycles. The molecule has 4 heteroatoms. The Kier molecular flexibility index (Phi) is 4.40. The molecule has 2 rings (SSSR count). The first-order chi connectivity index (χ1) is 9.02. The Morgan fingerprint density at radius 2 is 2.21 bits per heavy atom. The molecule has 1 unspecified atom stereocenters. The van der Waals surface area contributed by atoms with E-state index in [9.17, 15) is 0 Å². The first kappa shape index (κ1) is 14.3. The zero-order valence-electron chi connectivity index (χ0n) is 12.6. The van der Waals surface area contributed by atoms with Gasteiger partial charge in [0.05, 0.1) is 5.69 Å². The smallest absolute Gasteiger partial charge is 0.225 e. The lowest BCUT2D eigenvalue weighted by atomic mass is 9.92. The second-order valence-corrected chi connectivity index (χ2v) is 6.33. The normalized spacial score (nSPS) is 19.7. The van der Waals surface area contributed by atoms with E-state index in [1.807, 2.05) is 12.3 Å². The molecule has 1 N–H and O–H groups in total. The van der Waals surface area contributed by atoms with E-state index in [1.165, 1.54) is 6.42 Å². The van der Waals surface area contributed by atoms with Crippen LogP contribution in [0.15, 0.2) is 12.3 Å². The number of rotatable bonds is 4. The summed E-state index contributed by atoms with van der Waals surface area (Å²) in [7, 11) is 0. The van der Waals surface area contributed by atoms with Gasteiger partial charge in [-0.1, -0.05) is 27.7 Å².